The first kappa shape index (κ1) is 18.8. The van der Waals surface area contributed by atoms with E-state index in [4.69, 9.17) is 16.3 Å². The maximum atomic E-state index is 13.1. The summed E-state index contributed by atoms with van der Waals surface area (Å²) in [6, 6.07) is 17.4. The van der Waals surface area contributed by atoms with E-state index in [2.05, 4.69) is 29.1 Å². The highest BCUT2D eigenvalue weighted by molar-refractivity contribution is 6.30. The van der Waals surface area contributed by atoms with E-state index < -0.39 is 0 Å². The van der Waals surface area contributed by atoms with Crippen LogP contribution in [0.2, 0.25) is 5.02 Å². The second kappa shape index (κ2) is 7.58. The van der Waals surface area contributed by atoms with E-state index in [1.54, 1.807) is 23.0 Å². The minimum atomic E-state index is -0.228. The number of nitrogens with zero attached hydrogens (tertiary/aromatic N) is 3. The van der Waals surface area contributed by atoms with Crippen LogP contribution in [0.5, 0.6) is 5.88 Å². The van der Waals surface area contributed by atoms with Crippen LogP contribution in [0.3, 0.4) is 0 Å². The predicted molar refractivity (Wildman–Crippen MR) is 116 cm³/mol. The fraction of sp³-hybridized carbons (Fsp3) is 0.208. The Hall–Kier alpha value is -3.18. The number of carbonyl (C=O) groups excluding carboxylic acids is 1. The van der Waals surface area contributed by atoms with Gasteiger partial charge in [-0.15, -0.1) is 0 Å². The zero-order valence-corrected chi connectivity index (χ0v) is 17.2. The highest BCUT2D eigenvalue weighted by Crippen LogP contribution is 2.40. The van der Waals surface area contributed by atoms with Crippen LogP contribution in [-0.4, -0.2) is 20.6 Å². The first-order valence-electron chi connectivity index (χ1n) is 10.0. The smallest absolute Gasteiger partial charge is 0.316 e. The van der Waals surface area contributed by atoms with E-state index in [1.807, 2.05) is 36.4 Å². The van der Waals surface area contributed by atoms with Gasteiger partial charge in [0.2, 0.25) is 5.88 Å². The Morgan fingerprint density at radius 1 is 1.17 bits per heavy atom. The molecule has 0 amide bonds. The average molecular weight is 418 g/mol. The van der Waals surface area contributed by atoms with Crippen LogP contribution in [0.15, 0.2) is 67.0 Å². The largest absolute Gasteiger partial charge is 0.407 e. The summed E-state index contributed by atoms with van der Waals surface area (Å²) in [5.41, 5.74) is 4.91. The van der Waals surface area contributed by atoms with Gasteiger partial charge in [-0.25, -0.2) is 4.98 Å². The lowest BCUT2D eigenvalue weighted by Crippen LogP contribution is -2.25. The van der Waals surface area contributed by atoms with E-state index >= 15 is 0 Å². The minimum Gasteiger partial charge on any atom is -0.407 e. The van der Waals surface area contributed by atoms with Gasteiger partial charge in [-0.05, 0) is 47.6 Å². The van der Waals surface area contributed by atoms with Crippen molar-refractivity contribution in [3.63, 3.8) is 0 Å². The number of carbonyl (C=O) groups is 1. The number of hydrogen-bond acceptors (Lipinski definition) is 4. The van der Waals surface area contributed by atoms with Gasteiger partial charge in [-0.1, -0.05) is 54.9 Å². The Balaban J connectivity index is 1.45. The molecule has 1 aliphatic rings. The summed E-state index contributed by atoms with van der Waals surface area (Å²) in [5, 5.41) is 5.09. The van der Waals surface area contributed by atoms with Crippen LogP contribution in [0.4, 0.5) is 0 Å². The number of halogens is 1. The maximum Gasteiger partial charge on any atom is 0.316 e. The molecule has 0 bridgehead atoms. The molecule has 0 N–H and O–H groups in total. The Morgan fingerprint density at radius 3 is 2.77 bits per heavy atom. The highest BCUT2D eigenvalue weighted by Gasteiger charge is 2.37. The predicted octanol–water partition coefficient (Wildman–Crippen LogP) is 5.32. The molecular formula is C24H20ClN3O2. The lowest BCUT2D eigenvalue weighted by atomic mass is 9.90. The van der Waals surface area contributed by atoms with Crippen LogP contribution >= 0.6 is 11.6 Å². The fourth-order valence-electron chi connectivity index (χ4n) is 4.39. The van der Waals surface area contributed by atoms with Gasteiger partial charge in [0.15, 0.2) is 5.65 Å². The number of benzene rings is 2. The van der Waals surface area contributed by atoms with Crippen LogP contribution < -0.4 is 4.74 Å². The molecule has 1 aliphatic carbocycles. The van der Waals surface area contributed by atoms with Gasteiger partial charge in [0.25, 0.3) is 0 Å². The summed E-state index contributed by atoms with van der Waals surface area (Å²) >= 11 is 6.00. The number of aromatic nitrogens is 3. The standard InChI is InChI=1S/C24H20ClN3O2/c1-2-18-19-6-4-3-5-16(19)13-20(18)24(29)30-22-11-12-26-23-21(14-27-28(22)23)15-7-9-17(25)10-8-15/h3-12,14,18,20H,2,13H2,1H3. The molecule has 0 saturated heterocycles. The Morgan fingerprint density at radius 2 is 1.97 bits per heavy atom. The Bertz CT molecular complexity index is 1230. The third-order valence-electron chi connectivity index (χ3n) is 5.85. The molecule has 30 heavy (non-hydrogen) atoms. The van der Waals surface area contributed by atoms with Crippen molar-refractivity contribution in [1.29, 1.82) is 0 Å². The fourth-order valence-corrected chi connectivity index (χ4v) is 4.51. The number of hydrogen-bond donors (Lipinski definition) is 0. The van der Waals surface area contributed by atoms with Crippen molar-refractivity contribution in [3.05, 3.63) is 83.1 Å². The monoisotopic (exact) mass is 417 g/mol. The third kappa shape index (κ3) is 3.15. The van der Waals surface area contributed by atoms with Crippen molar-refractivity contribution in [1.82, 2.24) is 14.6 Å². The van der Waals surface area contributed by atoms with E-state index in [0.29, 0.717) is 23.0 Å². The van der Waals surface area contributed by atoms with Crippen LogP contribution in [0.25, 0.3) is 16.8 Å². The van der Waals surface area contributed by atoms with Crippen molar-refractivity contribution in [2.45, 2.75) is 25.7 Å². The molecule has 2 atom stereocenters. The van der Waals surface area contributed by atoms with E-state index in [9.17, 15) is 4.79 Å². The van der Waals surface area contributed by atoms with Gasteiger partial charge in [0.1, 0.15) is 0 Å². The van der Waals surface area contributed by atoms with Crippen LogP contribution in [-0.2, 0) is 11.2 Å². The maximum absolute atomic E-state index is 13.1. The lowest BCUT2D eigenvalue weighted by Gasteiger charge is -2.17. The zero-order chi connectivity index (χ0) is 20.7. The normalized spacial score (nSPS) is 17.8. The Kier molecular flexibility index (Phi) is 4.75. The molecule has 0 saturated carbocycles. The van der Waals surface area contributed by atoms with Crippen LogP contribution in [0, 0.1) is 5.92 Å². The van der Waals surface area contributed by atoms with Gasteiger partial charge in [-0.3, -0.25) is 4.79 Å². The van der Waals surface area contributed by atoms with Gasteiger partial charge < -0.3 is 4.74 Å². The molecule has 0 spiro atoms. The topological polar surface area (TPSA) is 56.5 Å². The van der Waals surface area contributed by atoms with Crippen molar-refractivity contribution in [3.8, 4) is 17.0 Å². The third-order valence-corrected chi connectivity index (χ3v) is 6.10. The van der Waals surface area contributed by atoms with E-state index in [-0.39, 0.29) is 17.8 Å². The Labute approximate surface area is 179 Å². The average Bonchev–Trinajstić information content (AvgIpc) is 3.36. The van der Waals surface area contributed by atoms with Gasteiger partial charge in [0.05, 0.1) is 12.1 Å². The van der Waals surface area contributed by atoms with Gasteiger partial charge >= 0.3 is 5.97 Å². The first-order valence-corrected chi connectivity index (χ1v) is 10.4. The van der Waals surface area contributed by atoms with Gasteiger partial charge in [0, 0.05) is 22.8 Å². The molecule has 4 aromatic rings. The van der Waals surface area contributed by atoms with Crippen LogP contribution in [0.1, 0.15) is 30.4 Å². The quantitative estimate of drug-likeness (QED) is 0.421. The number of esters is 1. The summed E-state index contributed by atoms with van der Waals surface area (Å²) in [4.78, 5) is 17.6. The highest BCUT2D eigenvalue weighted by atomic mass is 35.5. The number of ether oxygens (including phenoxy) is 1. The molecule has 2 aromatic carbocycles. The molecule has 2 heterocycles. The first-order chi connectivity index (χ1) is 14.7. The van der Waals surface area contributed by atoms with Gasteiger partial charge in [-0.2, -0.15) is 9.61 Å². The molecule has 2 unspecified atom stereocenters. The molecule has 2 aromatic heterocycles. The summed E-state index contributed by atoms with van der Waals surface area (Å²) in [5.74, 6) is 0.125. The summed E-state index contributed by atoms with van der Waals surface area (Å²) < 4.78 is 7.42. The molecule has 0 fully saturated rings. The second-order valence-corrected chi connectivity index (χ2v) is 7.97. The van der Waals surface area contributed by atoms with Crippen molar-refractivity contribution < 1.29 is 9.53 Å². The van der Waals surface area contributed by atoms with Crippen molar-refractivity contribution in [2.75, 3.05) is 0 Å². The van der Waals surface area contributed by atoms with Crippen molar-refractivity contribution >= 4 is 23.2 Å². The number of rotatable bonds is 4. The molecule has 0 radical (unpaired) electrons. The van der Waals surface area contributed by atoms with Crippen molar-refractivity contribution in [2.24, 2.45) is 5.92 Å². The zero-order valence-electron chi connectivity index (χ0n) is 16.5. The molecule has 0 aliphatic heterocycles. The molecule has 5 nitrogen and oxygen atoms in total. The summed E-state index contributed by atoms with van der Waals surface area (Å²) in [6.07, 6.45) is 4.96. The molecule has 5 rings (SSSR count). The SMILES string of the molecule is CCC1c2ccccc2CC1C(=O)Oc1ccnc2c(-c3ccc(Cl)cc3)cnn12. The molecule has 150 valence electrons. The van der Waals surface area contributed by atoms with E-state index in [0.717, 1.165) is 17.5 Å². The van der Waals surface area contributed by atoms with E-state index in [1.165, 1.54) is 11.1 Å². The lowest BCUT2D eigenvalue weighted by molar-refractivity contribution is -0.139. The number of fused-ring (bicyclic) bond motifs is 2. The second-order valence-electron chi connectivity index (χ2n) is 7.53. The summed E-state index contributed by atoms with van der Waals surface area (Å²) in [6.45, 7) is 2.11. The summed E-state index contributed by atoms with van der Waals surface area (Å²) in [7, 11) is 0. The molecule has 6 heteroatoms. The minimum absolute atomic E-state index is 0.174. The molecular weight excluding hydrogens is 398 g/mol.